The van der Waals surface area contributed by atoms with Gasteiger partial charge < -0.3 is 15.0 Å². The monoisotopic (exact) mass is 254 g/mol. The molecule has 1 aliphatic heterocycles. The third kappa shape index (κ3) is 1.90. The van der Waals surface area contributed by atoms with Crippen molar-refractivity contribution in [1.82, 2.24) is 10.2 Å². The molecule has 0 bridgehead atoms. The topological polar surface area (TPSA) is 58.6 Å². The van der Waals surface area contributed by atoms with Crippen molar-refractivity contribution in [3.05, 3.63) is 0 Å². The minimum atomic E-state index is -0.707. The summed E-state index contributed by atoms with van der Waals surface area (Å²) in [5, 5.41) is 2.80. The van der Waals surface area contributed by atoms with Gasteiger partial charge in [-0.05, 0) is 39.5 Å². The molecule has 5 nitrogen and oxygen atoms in total. The molecule has 3 unspecified atom stereocenters. The summed E-state index contributed by atoms with van der Waals surface area (Å²) in [6, 6.07) is -0.523. The fraction of sp³-hybridized carbons (Fsp3) is 0.846. The molecule has 2 amide bonds. The molecule has 102 valence electrons. The van der Waals surface area contributed by atoms with Crippen LogP contribution in [-0.4, -0.2) is 48.1 Å². The van der Waals surface area contributed by atoms with E-state index >= 15 is 0 Å². The maximum atomic E-state index is 12.4. The van der Waals surface area contributed by atoms with Crippen LogP contribution in [0.15, 0.2) is 0 Å². The van der Waals surface area contributed by atoms with E-state index in [1.165, 1.54) is 0 Å². The number of nitrogens with one attached hydrogen (secondary N) is 1. The van der Waals surface area contributed by atoms with Gasteiger partial charge in [0.1, 0.15) is 11.6 Å². The molecule has 2 aliphatic rings. The minimum Gasteiger partial charge on any atom is -0.383 e. The van der Waals surface area contributed by atoms with Gasteiger partial charge in [-0.3, -0.25) is 9.59 Å². The Kier molecular flexibility index (Phi) is 3.36. The van der Waals surface area contributed by atoms with Crippen molar-refractivity contribution < 1.29 is 14.3 Å². The summed E-state index contributed by atoms with van der Waals surface area (Å²) in [4.78, 5) is 26.5. The van der Waals surface area contributed by atoms with Crippen LogP contribution in [0.4, 0.5) is 0 Å². The Labute approximate surface area is 108 Å². The average Bonchev–Trinajstić information content (AvgIpc) is 3.11. The minimum absolute atomic E-state index is 0.00597. The van der Waals surface area contributed by atoms with E-state index in [1.807, 2.05) is 13.8 Å². The molecule has 3 atom stereocenters. The highest BCUT2D eigenvalue weighted by Gasteiger charge is 2.57. The zero-order chi connectivity index (χ0) is 13.5. The zero-order valence-electron chi connectivity index (χ0n) is 11.5. The Hall–Kier alpha value is -1.10. The molecular weight excluding hydrogens is 232 g/mol. The molecule has 0 aromatic heterocycles. The first-order chi connectivity index (χ1) is 8.42. The van der Waals surface area contributed by atoms with Gasteiger partial charge in [0, 0.05) is 7.11 Å². The molecular formula is C13H22N2O3. The summed E-state index contributed by atoms with van der Waals surface area (Å²) in [5.74, 6) is 0.252. The molecule has 0 aromatic carbocycles. The average molecular weight is 254 g/mol. The second-order valence-electron chi connectivity index (χ2n) is 5.63. The van der Waals surface area contributed by atoms with E-state index in [9.17, 15) is 9.59 Å². The van der Waals surface area contributed by atoms with Gasteiger partial charge >= 0.3 is 0 Å². The van der Waals surface area contributed by atoms with Crippen molar-refractivity contribution in [2.75, 3.05) is 13.7 Å². The Balaban J connectivity index is 2.33. The van der Waals surface area contributed by atoms with Crippen molar-refractivity contribution in [3.63, 3.8) is 0 Å². The van der Waals surface area contributed by atoms with Crippen LogP contribution >= 0.6 is 0 Å². The number of hydrogen-bond donors (Lipinski definition) is 1. The molecule has 5 heteroatoms. The number of ether oxygens (including phenoxy) is 1. The van der Waals surface area contributed by atoms with Gasteiger partial charge in [-0.1, -0.05) is 0 Å². The number of nitrogens with zero attached hydrogens (tertiary/aromatic N) is 1. The van der Waals surface area contributed by atoms with Crippen molar-refractivity contribution in [1.29, 1.82) is 0 Å². The molecule has 1 saturated heterocycles. The third-order valence-corrected chi connectivity index (χ3v) is 4.14. The van der Waals surface area contributed by atoms with Crippen molar-refractivity contribution in [3.8, 4) is 0 Å². The zero-order valence-corrected chi connectivity index (χ0v) is 11.5. The van der Waals surface area contributed by atoms with Crippen LogP contribution in [-0.2, 0) is 14.3 Å². The molecule has 1 aliphatic carbocycles. The maximum Gasteiger partial charge on any atom is 0.246 e. The second kappa shape index (κ2) is 4.53. The smallest absolute Gasteiger partial charge is 0.246 e. The Bertz CT molecular complexity index is 367. The SMILES string of the molecule is COCC(C)N1C(=O)C(C)NC(=O)C1(C)C1CC1. The fourth-order valence-corrected chi connectivity index (χ4v) is 2.97. The van der Waals surface area contributed by atoms with Crippen LogP contribution in [0.3, 0.4) is 0 Å². The summed E-state index contributed by atoms with van der Waals surface area (Å²) >= 11 is 0. The summed E-state index contributed by atoms with van der Waals surface area (Å²) in [6.07, 6.45) is 2.03. The lowest BCUT2D eigenvalue weighted by atomic mass is 9.87. The van der Waals surface area contributed by atoms with Gasteiger partial charge in [-0.15, -0.1) is 0 Å². The number of hydrogen-bond acceptors (Lipinski definition) is 3. The summed E-state index contributed by atoms with van der Waals surface area (Å²) < 4.78 is 5.14. The highest BCUT2D eigenvalue weighted by molar-refractivity contribution is 6.00. The van der Waals surface area contributed by atoms with E-state index in [4.69, 9.17) is 4.74 Å². The Morgan fingerprint density at radius 2 is 2.11 bits per heavy atom. The molecule has 0 aromatic rings. The largest absolute Gasteiger partial charge is 0.383 e. The molecule has 0 spiro atoms. The van der Waals surface area contributed by atoms with Gasteiger partial charge in [0.2, 0.25) is 11.8 Å². The molecule has 1 heterocycles. The first kappa shape index (κ1) is 13.3. The quantitative estimate of drug-likeness (QED) is 0.796. The molecule has 1 saturated carbocycles. The summed E-state index contributed by atoms with van der Waals surface area (Å²) in [6.45, 7) is 6.01. The van der Waals surface area contributed by atoms with Gasteiger partial charge in [-0.2, -0.15) is 0 Å². The van der Waals surface area contributed by atoms with Crippen LogP contribution in [0.5, 0.6) is 0 Å². The van der Waals surface area contributed by atoms with Crippen molar-refractivity contribution in [2.24, 2.45) is 5.92 Å². The summed E-state index contributed by atoms with van der Waals surface area (Å²) in [7, 11) is 1.61. The van der Waals surface area contributed by atoms with Crippen LogP contribution in [0.25, 0.3) is 0 Å². The molecule has 0 radical (unpaired) electrons. The maximum absolute atomic E-state index is 12.4. The molecule has 1 N–H and O–H groups in total. The van der Waals surface area contributed by atoms with Crippen LogP contribution in [0.2, 0.25) is 0 Å². The molecule has 2 fully saturated rings. The van der Waals surface area contributed by atoms with E-state index in [-0.39, 0.29) is 23.8 Å². The number of carbonyl (C=O) groups is 2. The highest BCUT2D eigenvalue weighted by atomic mass is 16.5. The van der Waals surface area contributed by atoms with E-state index in [0.29, 0.717) is 6.61 Å². The third-order valence-electron chi connectivity index (χ3n) is 4.14. The van der Waals surface area contributed by atoms with Gasteiger partial charge in [0.05, 0.1) is 12.6 Å². The summed E-state index contributed by atoms with van der Waals surface area (Å²) in [5.41, 5.74) is -0.707. The van der Waals surface area contributed by atoms with Gasteiger partial charge in [0.15, 0.2) is 0 Å². The fourth-order valence-electron chi connectivity index (χ4n) is 2.97. The predicted molar refractivity (Wildman–Crippen MR) is 66.9 cm³/mol. The molecule has 18 heavy (non-hydrogen) atoms. The second-order valence-corrected chi connectivity index (χ2v) is 5.63. The Morgan fingerprint density at radius 1 is 1.50 bits per heavy atom. The van der Waals surface area contributed by atoms with E-state index < -0.39 is 11.6 Å². The lowest BCUT2D eigenvalue weighted by Gasteiger charge is -2.48. The molecule has 2 rings (SSSR count). The van der Waals surface area contributed by atoms with Crippen LogP contribution in [0.1, 0.15) is 33.6 Å². The number of rotatable bonds is 4. The van der Waals surface area contributed by atoms with E-state index in [2.05, 4.69) is 5.32 Å². The van der Waals surface area contributed by atoms with E-state index in [0.717, 1.165) is 12.8 Å². The first-order valence-corrected chi connectivity index (χ1v) is 6.56. The number of carbonyl (C=O) groups excluding carboxylic acids is 2. The lowest BCUT2D eigenvalue weighted by molar-refractivity contribution is -0.162. The van der Waals surface area contributed by atoms with Gasteiger partial charge in [0.25, 0.3) is 0 Å². The number of methoxy groups -OCH3 is 1. The van der Waals surface area contributed by atoms with E-state index in [1.54, 1.807) is 18.9 Å². The number of amides is 2. The van der Waals surface area contributed by atoms with Crippen LogP contribution < -0.4 is 5.32 Å². The Morgan fingerprint density at radius 3 is 2.61 bits per heavy atom. The highest BCUT2D eigenvalue weighted by Crippen LogP contribution is 2.45. The first-order valence-electron chi connectivity index (χ1n) is 6.56. The number of piperazine rings is 1. The predicted octanol–water partition coefficient (Wildman–Crippen LogP) is 0.537. The van der Waals surface area contributed by atoms with Gasteiger partial charge in [-0.25, -0.2) is 0 Å². The standard InChI is InChI=1S/C13H22N2O3/c1-8(7-18-4)15-11(16)9(2)14-12(17)13(15,3)10-5-6-10/h8-10H,5-7H2,1-4H3,(H,14,17). The lowest BCUT2D eigenvalue weighted by Crippen LogP contribution is -2.72. The normalized spacial score (nSPS) is 34.4. The van der Waals surface area contributed by atoms with Crippen LogP contribution in [0, 0.1) is 5.92 Å². The van der Waals surface area contributed by atoms with Crippen molar-refractivity contribution >= 4 is 11.8 Å². The van der Waals surface area contributed by atoms with Crippen molar-refractivity contribution in [2.45, 2.75) is 51.2 Å².